The minimum atomic E-state index is -0.875. The number of aldehydes is 1. The quantitative estimate of drug-likeness (QED) is 0.829. The highest BCUT2D eigenvalue weighted by atomic mass is 16.6. The predicted molar refractivity (Wildman–Crippen MR) is 67.6 cm³/mol. The van der Waals surface area contributed by atoms with Gasteiger partial charge in [0.25, 0.3) is 0 Å². The third-order valence-corrected chi connectivity index (χ3v) is 2.08. The van der Waals surface area contributed by atoms with E-state index in [9.17, 15) is 9.59 Å². The Balaban J connectivity index is 2.67. The van der Waals surface area contributed by atoms with Crippen molar-refractivity contribution in [2.24, 2.45) is 0 Å². The molecule has 106 valence electrons. The number of nitrogens with one attached hydrogen (secondary N) is 1. The van der Waals surface area contributed by atoms with Gasteiger partial charge in [-0.15, -0.1) is 0 Å². The van der Waals surface area contributed by atoms with Crippen LogP contribution in [0.1, 0.15) is 38.3 Å². The Morgan fingerprint density at radius 3 is 2.68 bits per heavy atom. The van der Waals surface area contributed by atoms with E-state index < -0.39 is 17.7 Å². The standard InChI is InChI=1S/C13H19NO5/c1-13(2,3)19-12(16)14-10(7-15)11-6-5-9(18-11)8-17-4/h5-7,10H,8H2,1-4H3,(H,14,16). The lowest BCUT2D eigenvalue weighted by Gasteiger charge is -2.20. The number of carbonyl (C=O) groups is 2. The molecule has 0 spiro atoms. The van der Waals surface area contributed by atoms with Gasteiger partial charge in [-0.25, -0.2) is 4.79 Å². The lowest BCUT2D eigenvalue weighted by atomic mass is 10.2. The van der Waals surface area contributed by atoms with Gasteiger partial charge in [-0.1, -0.05) is 0 Å². The van der Waals surface area contributed by atoms with Crippen molar-refractivity contribution in [1.82, 2.24) is 5.32 Å². The van der Waals surface area contributed by atoms with Crippen LogP contribution in [0.15, 0.2) is 16.5 Å². The van der Waals surface area contributed by atoms with Crippen LogP contribution in [0.4, 0.5) is 4.79 Å². The van der Waals surface area contributed by atoms with Gasteiger partial charge < -0.3 is 24.0 Å². The maximum atomic E-state index is 11.6. The van der Waals surface area contributed by atoms with Crippen molar-refractivity contribution >= 4 is 12.4 Å². The Hall–Kier alpha value is -1.82. The Labute approximate surface area is 112 Å². The Morgan fingerprint density at radius 2 is 2.16 bits per heavy atom. The SMILES string of the molecule is COCc1ccc(C(C=O)NC(=O)OC(C)(C)C)o1. The second kappa shape index (κ2) is 6.38. The molecule has 0 saturated heterocycles. The molecule has 1 aromatic rings. The fraction of sp³-hybridized carbons (Fsp3) is 0.538. The molecule has 1 rings (SSSR count). The van der Waals surface area contributed by atoms with E-state index in [1.54, 1.807) is 40.0 Å². The molecule has 6 heteroatoms. The second-order valence-corrected chi connectivity index (χ2v) is 5.00. The lowest BCUT2D eigenvalue weighted by Crippen LogP contribution is -2.35. The minimum Gasteiger partial charge on any atom is -0.461 e. The zero-order valence-corrected chi connectivity index (χ0v) is 11.6. The zero-order chi connectivity index (χ0) is 14.5. The smallest absolute Gasteiger partial charge is 0.408 e. The summed E-state index contributed by atoms with van der Waals surface area (Å²) in [5, 5.41) is 2.43. The summed E-state index contributed by atoms with van der Waals surface area (Å²) in [7, 11) is 1.54. The molecule has 19 heavy (non-hydrogen) atoms. The maximum absolute atomic E-state index is 11.6. The first kappa shape index (κ1) is 15.2. The Kier molecular flexibility index (Phi) is 5.11. The van der Waals surface area contributed by atoms with Crippen molar-refractivity contribution in [2.45, 2.75) is 39.0 Å². The van der Waals surface area contributed by atoms with Crippen molar-refractivity contribution in [3.63, 3.8) is 0 Å². The van der Waals surface area contributed by atoms with Crippen molar-refractivity contribution in [1.29, 1.82) is 0 Å². The van der Waals surface area contributed by atoms with Crippen molar-refractivity contribution in [3.05, 3.63) is 23.7 Å². The summed E-state index contributed by atoms with van der Waals surface area (Å²) in [5.74, 6) is 0.920. The molecule has 1 amide bonds. The molecular weight excluding hydrogens is 250 g/mol. The van der Waals surface area contributed by atoms with Gasteiger partial charge >= 0.3 is 6.09 Å². The summed E-state index contributed by atoms with van der Waals surface area (Å²) in [6, 6.07) is 2.43. The molecule has 0 fully saturated rings. The molecule has 0 aliphatic carbocycles. The normalized spacial score (nSPS) is 12.8. The number of amides is 1. The van der Waals surface area contributed by atoms with E-state index in [2.05, 4.69) is 5.32 Å². The average molecular weight is 269 g/mol. The van der Waals surface area contributed by atoms with Crippen LogP contribution in [0.5, 0.6) is 0 Å². The van der Waals surface area contributed by atoms with E-state index in [0.717, 1.165) is 0 Å². The van der Waals surface area contributed by atoms with Gasteiger partial charge in [-0.2, -0.15) is 0 Å². The van der Waals surface area contributed by atoms with Gasteiger partial charge in [0.1, 0.15) is 36.1 Å². The Bertz CT molecular complexity index is 432. The van der Waals surface area contributed by atoms with Gasteiger partial charge in [0.15, 0.2) is 0 Å². The number of hydrogen-bond acceptors (Lipinski definition) is 5. The molecule has 0 aromatic carbocycles. The first-order valence-corrected chi connectivity index (χ1v) is 5.88. The van der Waals surface area contributed by atoms with Gasteiger partial charge in [0.05, 0.1) is 0 Å². The maximum Gasteiger partial charge on any atom is 0.408 e. The third kappa shape index (κ3) is 5.13. The number of furan rings is 1. The van der Waals surface area contributed by atoms with E-state index in [0.29, 0.717) is 24.4 Å². The molecule has 1 atom stereocenters. The predicted octanol–water partition coefficient (Wildman–Crippen LogP) is 2.19. The molecule has 0 bridgehead atoms. The van der Waals surface area contributed by atoms with Crippen molar-refractivity contribution in [3.8, 4) is 0 Å². The van der Waals surface area contributed by atoms with Crippen LogP contribution < -0.4 is 5.32 Å². The number of ether oxygens (including phenoxy) is 2. The van der Waals surface area contributed by atoms with Gasteiger partial charge in [0, 0.05) is 7.11 Å². The largest absolute Gasteiger partial charge is 0.461 e. The van der Waals surface area contributed by atoms with Crippen LogP contribution in [-0.2, 0) is 20.9 Å². The topological polar surface area (TPSA) is 77.8 Å². The molecule has 1 aromatic heterocycles. The van der Waals surface area contributed by atoms with Crippen molar-refractivity contribution < 1.29 is 23.5 Å². The number of rotatable bonds is 5. The van der Waals surface area contributed by atoms with E-state index in [1.165, 1.54) is 0 Å². The molecule has 1 unspecified atom stereocenters. The highest BCUT2D eigenvalue weighted by molar-refractivity contribution is 5.74. The highest BCUT2D eigenvalue weighted by Gasteiger charge is 2.22. The fourth-order valence-electron chi connectivity index (χ4n) is 1.39. The van der Waals surface area contributed by atoms with E-state index in [1.807, 2.05) is 0 Å². The van der Waals surface area contributed by atoms with Gasteiger partial charge in [-0.05, 0) is 32.9 Å². The molecule has 0 radical (unpaired) electrons. The molecule has 1 heterocycles. The third-order valence-electron chi connectivity index (χ3n) is 2.08. The summed E-state index contributed by atoms with van der Waals surface area (Å²) >= 11 is 0. The van der Waals surface area contributed by atoms with E-state index in [4.69, 9.17) is 13.9 Å². The van der Waals surface area contributed by atoms with Crippen LogP contribution in [0.3, 0.4) is 0 Å². The molecule has 0 saturated carbocycles. The van der Waals surface area contributed by atoms with E-state index >= 15 is 0 Å². The van der Waals surface area contributed by atoms with Crippen LogP contribution in [0.25, 0.3) is 0 Å². The second-order valence-electron chi connectivity index (χ2n) is 5.00. The summed E-state index contributed by atoms with van der Waals surface area (Å²) in [5.41, 5.74) is -0.623. The van der Waals surface area contributed by atoms with Gasteiger partial charge in [-0.3, -0.25) is 0 Å². The zero-order valence-electron chi connectivity index (χ0n) is 11.6. The highest BCUT2D eigenvalue weighted by Crippen LogP contribution is 2.16. The Morgan fingerprint density at radius 1 is 1.47 bits per heavy atom. The van der Waals surface area contributed by atoms with Crippen LogP contribution >= 0.6 is 0 Å². The van der Waals surface area contributed by atoms with Crippen LogP contribution in [0, 0.1) is 0 Å². The minimum absolute atomic E-state index is 0.304. The van der Waals surface area contributed by atoms with Crippen molar-refractivity contribution in [2.75, 3.05) is 7.11 Å². The van der Waals surface area contributed by atoms with Gasteiger partial charge in [0.2, 0.25) is 0 Å². The number of alkyl carbamates (subject to hydrolysis) is 1. The lowest BCUT2D eigenvalue weighted by molar-refractivity contribution is -0.110. The number of carbonyl (C=O) groups excluding carboxylic acids is 2. The monoisotopic (exact) mass is 269 g/mol. The number of methoxy groups -OCH3 is 1. The molecule has 1 N–H and O–H groups in total. The van der Waals surface area contributed by atoms with Crippen LogP contribution in [-0.4, -0.2) is 25.1 Å². The van der Waals surface area contributed by atoms with Crippen LogP contribution in [0.2, 0.25) is 0 Å². The molecule has 6 nitrogen and oxygen atoms in total. The fourth-order valence-corrected chi connectivity index (χ4v) is 1.39. The summed E-state index contributed by atoms with van der Waals surface area (Å²) in [4.78, 5) is 22.6. The average Bonchev–Trinajstić information content (AvgIpc) is 2.72. The first-order chi connectivity index (χ1) is 8.85. The molecular formula is C13H19NO5. The summed E-state index contributed by atoms with van der Waals surface area (Å²) < 4.78 is 15.4. The molecule has 0 aliphatic heterocycles. The summed E-state index contributed by atoms with van der Waals surface area (Å²) in [6.07, 6.45) is -0.0893. The molecule has 0 aliphatic rings. The number of hydrogen-bond donors (Lipinski definition) is 1. The first-order valence-electron chi connectivity index (χ1n) is 5.88. The van der Waals surface area contributed by atoms with E-state index in [-0.39, 0.29) is 0 Å². The summed E-state index contributed by atoms with van der Waals surface area (Å²) in [6.45, 7) is 5.53.